The van der Waals surface area contributed by atoms with E-state index in [2.05, 4.69) is 0 Å². The van der Waals surface area contributed by atoms with Crippen molar-refractivity contribution in [1.82, 2.24) is 4.90 Å². The molecule has 0 aliphatic rings. The number of hydrogen-bond acceptors (Lipinski definition) is 11. The second kappa shape index (κ2) is 23.0. The minimum Gasteiger partial charge on any atom is -1.00 e. The zero-order valence-corrected chi connectivity index (χ0v) is 20.6. The van der Waals surface area contributed by atoms with Crippen molar-refractivity contribution in [3.63, 3.8) is 0 Å². The molecule has 15 nitrogen and oxygen atoms in total. The quantitative estimate of drug-likeness (QED) is 0.0527. The second-order valence-corrected chi connectivity index (χ2v) is 5.40. The molecule has 0 aromatic carbocycles. The van der Waals surface area contributed by atoms with E-state index in [1.807, 2.05) is 0 Å². The number of aliphatic carboxylic acids is 1. The molecule has 19 heteroatoms. The van der Waals surface area contributed by atoms with E-state index in [0.717, 1.165) is 4.90 Å². The Labute approximate surface area is 210 Å². The molecule has 4 atom stereocenters. The summed E-state index contributed by atoms with van der Waals surface area (Å²) in [5.41, 5.74) is 4.93. The maximum atomic E-state index is 9.92. The van der Waals surface area contributed by atoms with E-state index in [1.54, 1.807) is 0 Å². The van der Waals surface area contributed by atoms with Gasteiger partial charge in [-0.15, -0.1) is 0 Å². The monoisotopic (exact) mass is 489 g/mol. The van der Waals surface area contributed by atoms with Crippen LogP contribution in [0, 0.1) is 5.41 Å². The fourth-order valence-corrected chi connectivity index (χ4v) is 0.906. The first-order valence-corrected chi connectivity index (χ1v) is 7.88. The van der Waals surface area contributed by atoms with Crippen molar-refractivity contribution in [2.45, 2.75) is 24.4 Å². The average Bonchev–Trinajstić information content (AvgIpc) is 2.50. The molecule has 0 saturated carbocycles. The van der Waals surface area contributed by atoms with Gasteiger partial charge in [0.05, 0.1) is 14.4 Å². The van der Waals surface area contributed by atoms with Gasteiger partial charge in [0, 0.05) is 7.05 Å². The molecule has 0 bridgehead atoms. The summed E-state index contributed by atoms with van der Waals surface area (Å²) in [5, 5.41) is 58.4. The van der Waals surface area contributed by atoms with Gasteiger partial charge in [0.25, 0.3) is 0 Å². The Morgan fingerprint density at radius 3 is 1.76 bits per heavy atom. The number of aliphatic hydroxyl groups excluding tert-OH is 5. The summed E-state index contributed by atoms with van der Waals surface area (Å²) >= 11 is 0. The van der Waals surface area contributed by atoms with E-state index in [4.69, 9.17) is 61.0 Å². The molecule has 0 fully saturated rings. The van der Waals surface area contributed by atoms with E-state index >= 15 is 0 Å². The number of nitrogens with two attached hydrogens (primary N) is 1. The first-order valence-electron chi connectivity index (χ1n) is 6.38. The Kier molecular flexibility index (Phi) is 34.4. The standard InChI is InChI=1S/C6H12O6.C4H9N3O2.ClH.Mg.Na.H3O4P/c7-1-3(9)5(11)6(12)4(10)2-8;1-7(4(5)6)2-3(8)9;;;;1-5(2,3)4/h1,3-6,8-12H,2H2;2H2,1H3,(H3,5,6)(H,8,9);1H;;;(H3,1,2,3,4)/q;;;+2;+1;/p-3. The predicted octanol–water partition coefficient (Wildman–Crippen LogP) is -13.0. The van der Waals surface area contributed by atoms with Gasteiger partial charge < -0.3 is 77.7 Å². The smallest absolute Gasteiger partial charge is 1.00 e. The number of carbonyl (C=O) groups is 2. The fourth-order valence-electron chi connectivity index (χ4n) is 0.906. The zero-order valence-electron chi connectivity index (χ0n) is 15.5. The third kappa shape index (κ3) is 33.2. The van der Waals surface area contributed by atoms with Gasteiger partial charge in [-0.25, -0.2) is 0 Å². The number of carbonyl (C=O) groups excluding carboxylic acids is 1. The maximum Gasteiger partial charge on any atom is 2.00 e. The molecule has 4 unspecified atom stereocenters. The summed E-state index contributed by atoms with van der Waals surface area (Å²) in [4.78, 5) is 45.2. The molecule has 0 rings (SSSR count). The Bertz CT molecular complexity index is 483. The topological polar surface area (TPSA) is 292 Å². The minimum atomic E-state index is -5.14. The normalized spacial score (nSPS) is 13.4. The molecule has 0 saturated heterocycles. The molecule has 0 aromatic heterocycles. The van der Waals surface area contributed by atoms with Crippen LogP contribution in [0.4, 0.5) is 0 Å². The van der Waals surface area contributed by atoms with Crippen molar-refractivity contribution < 1.29 is 101 Å². The number of guanidine groups is 1. The number of hydrogen-bond donors (Lipinski definition) is 9. The molecular formula is C10H22ClMgN3NaO12P. The summed E-state index contributed by atoms with van der Waals surface area (Å²) in [6.07, 6.45) is -6.84. The Hall–Kier alpha value is 0.376. The summed E-state index contributed by atoms with van der Waals surface area (Å²) in [6, 6.07) is 0. The number of carboxylic acid groups (broad SMARTS) is 1. The predicted molar refractivity (Wildman–Crippen MR) is 84.9 cm³/mol. The van der Waals surface area contributed by atoms with Crippen LogP contribution in [-0.4, -0.2) is 126 Å². The van der Waals surface area contributed by atoms with Gasteiger partial charge >= 0.3 is 58.6 Å². The molecule has 0 amide bonds. The second-order valence-electron chi connectivity index (χ2n) is 4.46. The summed E-state index contributed by atoms with van der Waals surface area (Å²) in [5.74, 6) is -1.23. The third-order valence-corrected chi connectivity index (χ3v) is 2.20. The first-order chi connectivity index (χ1) is 11.6. The molecule has 0 spiro atoms. The van der Waals surface area contributed by atoms with Crippen molar-refractivity contribution in [2.75, 3.05) is 20.2 Å². The summed E-state index contributed by atoms with van der Waals surface area (Å²) in [7, 11) is -3.70. The number of likely N-dealkylation sites (N-methyl/N-ethyl adjacent to an activating group) is 1. The minimum absolute atomic E-state index is 0. The number of nitrogens with zero attached hydrogens (tertiary/aromatic N) is 1. The molecule has 10 N–H and O–H groups in total. The van der Waals surface area contributed by atoms with Crippen molar-refractivity contribution in [2.24, 2.45) is 5.73 Å². The maximum absolute atomic E-state index is 9.92. The number of aldehydes is 1. The molecule has 0 aliphatic carbocycles. The Morgan fingerprint density at radius 2 is 1.59 bits per heavy atom. The fraction of sp³-hybridized carbons (Fsp3) is 0.700. The summed E-state index contributed by atoms with van der Waals surface area (Å²) < 4.78 is 8.66. The van der Waals surface area contributed by atoms with Gasteiger partial charge in [0.1, 0.15) is 31.0 Å². The van der Waals surface area contributed by atoms with Gasteiger partial charge in [-0.1, -0.05) is 0 Å². The van der Waals surface area contributed by atoms with Gasteiger partial charge in [0.2, 0.25) is 0 Å². The van der Waals surface area contributed by atoms with Crippen LogP contribution in [0.1, 0.15) is 0 Å². The van der Waals surface area contributed by atoms with E-state index in [-0.39, 0.29) is 83.8 Å². The first kappa shape index (κ1) is 43.3. The van der Waals surface area contributed by atoms with Crippen LogP contribution >= 0.6 is 7.82 Å². The third-order valence-electron chi connectivity index (χ3n) is 2.20. The largest absolute Gasteiger partial charge is 2.00 e. The van der Waals surface area contributed by atoms with Crippen LogP contribution in [-0.2, 0) is 14.2 Å². The molecule has 0 aromatic rings. The SMILES string of the molecule is CN(CC(=O)O)C(=N)N.O=CC(O)C(O)C(O)C(O)CO.O=P([O-])([O-])O.[Cl-].[Mg+2].[Na+]. The van der Waals surface area contributed by atoms with Crippen molar-refractivity contribution >= 4 is 49.1 Å². The van der Waals surface area contributed by atoms with Crippen LogP contribution in [0.25, 0.3) is 0 Å². The van der Waals surface area contributed by atoms with Crippen LogP contribution in [0.3, 0.4) is 0 Å². The number of carboxylic acids is 1. The van der Waals surface area contributed by atoms with Gasteiger partial charge in [-0.05, 0) is 0 Å². The molecule has 0 heterocycles. The number of nitrogens with one attached hydrogen (secondary N) is 1. The van der Waals surface area contributed by atoms with Crippen LogP contribution < -0.4 is 57.5 Å². The molecular weight excluding hydrogens is 468 g/mol. The number of rotatable bonds is 7. The van der Waals surface area contributed by atoms with E-state index in [0.29, 0.717) is 0 Å². The molecule has 164 valence electrons. The average molecular weight is 490 g/mol. The van der Waals surface area contributed by atoms with Crippen molar-refractivity contribution in [3.05, 3.63) is 0 Å². The van der Waals surface area contributed by atoms with Gasteiger partial charge in [-0.2, -0.15) is 0 Å². The number of halogens is 1. The molecule has 0 aliphatic heterocycles. The van der Waals surface area contributed by atoms with Crippen LogP contribution in [0.2, 0.25) is 0 Å². The zero-order chi connectivity index (χ0) is 21.7. The van der Waals surface area contributed by atoms with Crippen LogP contribution in [0.5, 0.6) is 0 Å². The van der Waals surface area contributed by atoms with E-state index in [1.165, 1.54) is 7.05 Å². The number of aliphatic hydroxyl groups is 5. The Balaban J connectivity index is -0.0000000698. The van der Waals surface area contributed by atoms with Gasteiger partial charge in [-0.3, -0.25) is 10.2 Å². The van der Waals surface area contributed by atoms with E-state index in [9.17, 15) is 9.59 Å². The van der Waals surface area contributed by atoms with Crippen molar-refractivity contribution in [3.8, 4) is 0 Å². The van der Waals surface area contributed by atoms with Crippen LogP contribution in [0.15, 0.2) is 0 Å². The molecule has 0 radical (unpaired) electrons. The number of phosphoric acid groups is 1. The van der Waals surface area contributed by atoms with Gasteiger partial charge in [0.15, 0.2) is 12.2 Å². The van der Waals surface area contributed by atoms with Crippen molar-refractivity contribution in [1.29, 1.82) is 5.41 Å². The Morgan fingerprint density at radius 1 is 1.24 bits per heavy atom. The van der Waals surface area contributed by atoms with E-state index < -0.39 is 44.8 Å². The molecule has 29 heavy (non-hydrogen) atoms. The summed E-state index contributed by atoms with van der Waals surface area (Å²) in [6.45, 7) is -0.987.